The fourth-order valence-corrected chi connectivity index (χ4v) is 1.98. The molecule has 2 N–H and O–H groups in total. The molecule has 1 aromatic rings. The average molecular weight is 223 g/mol. The van der Waals surface area contributed by atoms with Gasteiger partial charge in [-0.05, 0) is 19.4 Å². The number of hydrogen-bond donors (Lipinski definition) is 2. The molecule has 0 aromatic carbocycles. The molecule has 1 aliphatic rings. The number of carbonyl (C=O) groups excluding carboxylic acids is 1. The van der Waals surface area contributed by atoms with Crippen LogP contribution in [-0.4, -0.2) is 29.6 Å². The zero-order valence-corrected chi connectivity index (χ0v) is 9.65. The van der Waals surface area contributed by atoms with Crippen LogP contribution >= 0.6 is 0 Å². The summed E-state index contributed by atoms with van der Waals surface area (Å²) in [4.78, 5) is 11.6. The second-order valence-electron chi connectivity index (χ2n) is 4.35. The number of imidazole rings is 1. The van der Waals surface area contributed by atoms with Crippen molar-refractivity contribution in [3.63, 3.8) is 0 Å². The molecule has 0 unspecified atom stereocenters. The van der Waals surface area contributed by atoms with Gasteiger partial charge in [0.25, 0.3) is 5.91 Å². The molecule has 1 saturated heterocycles. The molecule has 0 aliphatic carbocycles. The zero-order valence-electron chi connectivity index (χ0n) is 9.65. The highest BCUT2D eigenvalue weighted by molar-refractivity contribution is 5.75. The van der Waals surface area contributed by atoms with Crippen LogP contribution in [0.2, 0.25) is 0 Å². The van der Waals surface area contributed by atoms with Crippen LogP contribution in [0.1, 0.15) is 12.8 Å². The predicted octanol–water partition coefficient (Wildman–Crippen LogP) is -0.819. The molecule has 1 amide bonds. The van der Waals surface area contributed by atoms with E-state index >= 15 is 0 Å². The molecule has 0 bridgehead atoms. The Kier molecular flexibility index (Phi) is 3.56. The lowest BCUT2D eigenvalue weighted by Gasteiger charge is -2.10. The third-order valence-electron chi connectivity index (χ3n) is 2.86. The van der Waals surface area contributed by atoms with E-state index in [1.165, 1.54) is 12.8 Å². The first-order chi connectivity index (χ1) is 7.74. The summed E-state index contributed by atoms with van der Waals surface area (Å²) in [5.41, 5.74) is 0. The summed E-state index contributed by atoms with van der Waals surface area (Å²) >= 11 is 0. The Hall–Kier alpha value is -1.36. The third-order valence-corrected chi connectivity index (χ3v) is 2.86. The lowest BCUT2D eigenvalue weighted by atomic mass is 10.2. The van der Waals surface area contributed by atoms with Gasteiger partial charge >= 0.3 is 0 Å². The SMILES string of the molecule is C[n+]1ccn(CC(=O)NC[C@@H]2CCCN2)c1. The maximum atomic E-state index is 11.6. The van der Waals surface area contributed by atoms with Crippen LogP contribution in [0.15, 0.2) is 18.7 Å². The van der Waals surface area contributed by atoms with Gasteiger partial charge in [-0.2, -0.15) is 0 Å². The molecule has 0 radical (unpaired) electrons. The summed E-state index contributed by atoms with van der Waals surface area (Å²) in [5.74, 6) is 0.0740. The monoisotopic (exact) mass is 223 g/mol. The van der Waals surface area contributed by atoms with Crippen molar-refractivity contribution in [1.82, 2.24) is 15.2 Å². The lowest BCUT2D eigenvalue weighted by molar-refractivity contribution is -0.671. The summed E-state index contributed by atoms with van der Waals surface area (Å²) in [6, 6.07) is 0.463. The first-order valence-electron chi connectivity index (χ1n) is 5.75. The van der Waals surface area contributed by atoms with Crippen LogP contribution in [0.5, 0.6) is 0 Å². The van der Waals surface area contributed by atoms with Gasteiger partial charge in [0.15, 0.2) is 6.54 Å². The van der Waals surface area contributed by atoms with Crippen molar-refractivity contribution < 1.29 is 9.36 Å². The Labute approximate surface area is 95.5 Å². The van der Waals surface area contributed by atoms with Gasteiger partial charge < -0.3 is 10.6 Å². The maximum Gasteiger partial charge on any atom is 0.262 e. The molecule has 5 nitrogen and oxygen atoms in total. The molecule has 5 heteroatoms. The molecule has 2 heterocycles. The van der Waals surface area contributed by atoms with Crippen molar-refractivity contribution in [3.05, 3.63) is 18.7 Å². The Bertz CT molecular complexity index is 355. The van der Waals surface area contributed by atoms with Gasteiger partial charge in [-0.25, -0.2) is 9.13 Å². The zero-order chi connectivity index (χ0) is 11.4. The van der Waals surface area contributed by atoms with E-state index in [9.17, 15) is 4.79 Å². The summed E-state index contributed by atoms with van der Waals surface area (Å²) in [6.07, 6.45) is 8.10. The Balaban J connectivity index is 1.71. The highest BCUT2D eigenvalue weighted by Crippen LogP contribution is 2.02. The Morgan fingerprint density at radius 2 is 2.56 bits per heavy atom. The topological polar surface area (TPSA) is 49.9 Å². The van der Waals surface area contributed by atoms with Crippen LogP contribution in [0.4, 0.5) is 0 Å². The summed E-state index contributed by atoms with van der Waals surface area (Å²) in [7, 11) is 1.94. The molecule has 88 valence electrons. The van der Waals surface area contributed by atoms with Crippen molar-refractivity contribution in [1.29, 1.82) is 0 Å². The largest absolute Gasteiger partial charge is 0.351 e. The number of hydrogen-bond acceptors (Lipinski definition) is 2. The van der Waals surface area contributed by atoms with E-state index in [4.69, 9.17) is 0 Å². The molecule has 1 atom stereocenters. The van der Waals surface area contributed by atoms with Gasteiger partial charge in [0, 0.05) is 12.6 Å². The molecule has 0 spiro atoms. The quantitative estimate of drug-likeness (QED) is 0.655. The van der Waals surface area contributed by atoms with Crippen LogP contribution in [0.3, 0.4) is 0 Å². The van der Waals surface area contributed by atoms with Crippen molar-refractivity contribution in [2.24, 2.45) is 7.05 Å². The molecule has 1 aromatic heterocycles. The average Bonchev–Trinajstić information content (AvgIpc) is 2.87. The molecule has 16 heavy (non-hydrogen) atoms. The molecular formula is C11H19N4O+. The van der Waals surface area contributed by atoms with E-state index in [1.54, 1.807) is 0 Å². The standard InChI is InChI=1S/C11H18N4O/c1-14-5-6-15(9-14)8-11(16)13-7-10-3-2-4-12-10/h5-6,9-10,12H,2-4,7-8H2,1H3/p+1/t10-/m0/s1. The second-order valence-corrected chi connectivity index (χ2v) is 4.35. The van der Waals surface area contributed by atoms with E-state index in [2.05, 4.69) is 10.6 Å². The highest BCUT2D eigenvalue weighted by Gasteiger charge is 2.15. The van der Waals surface area contributed by atoms with Crippen LogP contribution in [0, 0.1) is 0 Å². The number of aromatic nitrogens is 2. The Morgan fingerprint density at radius 1 is 1.69 bits per heavy atom. The minimum Gasteiger partial charge on any atom is -0.351 e. The van der Waals surface area contributed by atoms with Crippen molar-refractivity contribution in [2.45, 2.75) is 25.4 Å². The predicted molar refractivity (Wildman–Crippen MR) is 59.6 cm³/mol. The summed E-state index contributed by atoms with van der Waals surface area (Å²) in [5, 5.41) is 6.31. The molecule has 2 rings (SSSR count). The number of rotatable bonds is 4. The van der Waals surface area contributed by atoms with Crippen molar-refractivity contribution >= 4 is 5.91 Å². The van der Waals surface area contributed by atoms with Gasteiger partial charge in [0.1, 0.15) is 12.4 Å². The second kappa shape index (κ2) is 5.12. The van der Waals surface area contributed by atoms with Gasteiger partial charge in [0.05, 0.1) is 7.05 Å². The van der Waals surface area contributed by atoms with E-state index < -0.39 is 0 Å². The van der Waals surface area contributed by atoms with Gasteiger partial charge in [-0.15, -0.1) is 0 Å². The van der Waals surface area contributed by atoms with E-state index in [-0.39, 0.29) is 5.91 Å². The van der Waals surface area contributed by atoms with Crippen LogP contribution < -0.4 is 15.2 Å². The van der Waals surface area contributed by atoms with Crippen LogP contribution in [0.25, 0.3) is 0 Å². The first kappa shape index (κ1) is 11.1. The number of nitrogens with one attached hydrogen (secondary N) is 2. The van der Waals surface area contributed by atoms with Crippen molar-refractivity contribution in [2.75, 3.05) is 13.1 Å². The number of aryl methyl sites for hydroxylation is 1. The molecule has 1 fully saturated rings. The van der Waals surface area contributed by atoms with E-state index in [0.717, 1.165) is 13.1 Å². The summed E-state index contributed by atoms with van der Waals surface area (Å²) < 4.78 is 3.79. The minimum atomic E-state index is 0.0740. The Morgan fingerprint density at radius 3 is 3.19 bits per heavy atom. The first-order valence-corrected chi connectivity index (χ1v) is 5.75. The number of nitrogens with zero attached hydrogens (tertiary/aromatic N) is 2. The van der Waals surface area contributed by atoms with Crippen LogP contribution in [-0.2, 0) is 18.4 Å². The molecular weight excluding hydrogens is 204 g/mol. The fourth-order valence-electron chi connectivity index (χ4n) is 1.98. The van der Waals surface area contributed by atoms with E-state index in [1.807, 2.05) is 34.9 Å². The lowest BCUT2D eigenvalue weighted by Crippen LogP contribution is -2.38. The molecule has 1 aliphatic heterocycles. The van der Waals surface area contributed by atoms with Gasteiger partial charge in [-0.3, -0.25) is 4.79 Å². The van der Waals surface area contributed by atoms with Gasteiger partial charge in [0.2, 0.25) is 6.33 Å². The highest BCUT2D eigenvalue weighted by atomic mass is 16.1. The number of carbonyl (C=O) groups is 1. The van der Waals surface area contributed by atoms with E-state index in [0.29, 0.717) is 12.6 Å². The van der Waals surface area contributed by atoms with Gasteiger partial charge in [-0.1, -0.05) is 0 Å². The minimum absolute atomic E-state index is 0.0740. The smallest absolute Gasteiger partial charge is 0.262 e. The fraction of sp³-hybridized carbons (Fsp3) is 0.636. The molecule has 0 saturated carbocycles. The van der Waals surface area contributed by atoms with Crippen molar-refractivity contribution in [3.8, 4) is 0 Å². The third kappa shape index (κ3) is 3.06. The normalized spacial score (nSPS) is 19.9. The maximum absolute atomic E-state index is 11.6. The summed E-state index contributed by atoms with van der Waals surface area (Å²) in [6.45, 7) is 2.22. The number of amides is 1.